The highest BCUT2D eigenvalue weighted by atomic mass is 32.2. The summed E-state index contributed by atoms with van der Waals surface area (Å²) < 4.78 is 32.3. The zero-order valence-electron chi connectivity index (χ0n) is 16.0. The molecule has 0 spiro atoms. The van der Waals surface area contributed by atoms with Crippen molar-refractivity contribution < 1.29 is 17.9 Å². The number of sulfonamides is 1. The first kappa shape index (κ1) is 20.0. The van der Waals surface area contributed by atoms with Crippen molar-refractivity contribution in [2.45, 2.75) is 25.7 Å². The number of hydrogen-bond donors (Lipinski definition) is 0. The highest BCUT2D eigenvalue weighted by Crippen LogP contribution is 2.25. The molecule has 0 atom stereocenters. The number of rotatable bonds is 6. The van der Waals surface area contributed by atoms with Crippen LogP contribution in [-0.2, 0) is 10.0 Å². The maximum Gasteiger partial charge on any atom is 0.343 e. The number of carbonyl (C=O) groups excluding carboxylic acids is 1. The van der Waals surface area contributed by atoms with Crippen molar-refractivity contribution in [3.63, 3.8) is 0 Å². The average Bonchev–Trinajstić information content (AvgIpc) is 2.69. The number of nitrogens with zero attached hydrogens (tertiary/aromatic N) is 2. The molecule has 0 unspecified atom stereocenters. The normalized spacial score (nSPS) is 11.7. The molecule has 28 heavy (non-hydrogen) atoms. The van der Waals surface area contributed by atoms with E-state index in [1.807, 2.05) is 25.1 Å². The summed E-state index contributed by atoms with van der Waals surface area (Å²) in [6, 6.07) is 15.0. The number of esters is 1. The van der Waals surface area contributed by atoms with Crippen molar-refractivity contribution in [2.75, 3.05) is 13.1 Å². The maximum atomic E-state index is 12.7. The van der Waals surface area contributed by atoms with Gasteiger partial charge in [-0.15, -0.1) is 0 Å². The number of carbonyl (C=O) groups is 1. The summed E-state index contributed by atoms with van der Waals surface area (Å²) in [5, 5.41) is 0.855. The van der Waals surface area contributed by atoms with Crippen LogP contribution in [0.1, 0.15) is 29.9 Å². The second-order valence-electron chi connectivity index (χ2n) is 6.29. The fourth-order valence-corrected chi connectivity index (χ4v) is 4.46. The number of aromatic nitrogens is 1. The van der Waals surface area contributed by atoms with Gasteiger partial charge in [0.1, 0.15) is 5.52 Å². The van der Waals surface area contributed by atoms with Gasteiger partial charge in [-0.3, -0.25) is 0 Å². The van der Waals surface area contributed by atoms with E-state index in [-0.39, 0.29) is 10.5 Å². The third kappa shape index (κ3) is 3.90. The smallest absolute Gasteiger partial charge is 0.343 e. The second-order valence-corrected chi connectivity index (χ2v) is 8.23. The number of ether oxygens (including phenoxy) is 1. The van der Waals surface area contributed by atoms with Crippen LogP contribution < -0.4 is 4.74 Å². The minimum Gasteiger partial charge on any atom is -0.421 e. The number of benzene rings is 2. The van der Waals surface area contributed by atoms with Crippen LogP contribution in [0.25, 0.3) is 10.9 Å². The third-order valence-electron chi connectivity index (χ3n) is 4.44. The Kier molecular flexibility index (Phi) is 5.76. The Morgan fingerprint density at radius 1 is 1.04 bits per heavy atom. The van der Waals surface area contributed by atoms with E-state index in [9.17, 15) is 13.2 Å². The van der Waals surface area contributed by atoms with Gasteiger partial charge in [-0.25, -0.2) is 18.2 Å². The van der Waals surface area contributed by atoms with Gasteiger partial charge in [0.15, 0.2) is 5.75 Å². The first-order valence-corrected chi connectivity index (χ1v) is 10.5. The molecule has 0 bridgehead atoms. The lowest BCUT2D eigenvalue weighted by atomic mass is 10.2. The van der Waals surface area contributed by atoms with Gasteiger partial charge >= 0.3 is 5.97 Å². The molecule has 0 aliphatic rings. The third-order valence-corrected chi connectivity index (χ3v) is 6.48. The highest BCUT2D eigenvalue weighted by Gasteiger charge is 2.23. The Bertz CT molecular complexity index is 1120. The Balaban J connectivity index is 1.94. The molecule has 7 heteroatoms. The van der Waals surface area contributed by atoms with Gasteiger partial charge in [0.2, 0.25) is 10.0 Å². The molecule has 0 saturated carbocycles. The van der Waals surface area contributed by atoms with E-state index < -0.39 is 16.0 Å². The van der Waals surface area contributed by atoms with Crippen LogP contribution in [0.15, 0.2) is 59.5 Å². The number of aryl methyl sites for hydroxylation is 1. The summed E-state index contributed by atoms with van der Waals surface area (Å²) in [5.74, 6) is -0.296. The summed E-state index contributed by atoms with van der Waals surface area (Å²) in [6.45, 7) is 6.12. The molecule has 2 aromatic carbocycles. The Hall–Kier alpha value is -2.77. The molecule has 0 aliphatic carbocycles. The van der Waals surface area contributed by atoms with Crippen molar-refractivity contribution in [3.8, 4) is 5.75 Å². The Morgan fingerprint density at radius 2 is 1.75 bits per heavy atom. The molecule has 0 N–H and O–H groups in total. The van der Waals surface area contributed by atoms with Crippen molar-refractivity contribution in [3.05, 3.63) is 65.9 Å². The Labute approximate surface area is 164 Å². The second kappa shape index (κ2) is 8.08. The van der Waals surface area contributed by atoms with Gasteiger partial charge < -0.3 is 4.74 Å². The molecule has 0 amide bonds. The van der Waals surface area contributed by atoms with Crippen LogP contribution in [0.3, 0.4) is 0 Å². The van der Waals surface area contributed by atoms with E-state index in [2.05, 4.69) is 4.98 Å². The number of fused-ring (bicyclic) bond motifs is 1. The maximum absolute atomic E-state index is 12.7. The zero-order chi connectivity index (χ0) is 20.3. The minimum absolute atomic E-state index is 0.0672. The van der Waals surface area contributed by atoms with Crippen LogP contribution in [-0.4, -0.2) is 36.8 Å². The first-order chi connectivity index (χ1) is 13.4. The first-order valence-electron chi connectivity index (χ1n) is 9.05. The van der Waals surface area contributed by atoms with Crippen molar-refractivity contribution in [1.29, 1.82) is 0 Å². The lowest BCUT2D eigenvalue weighted by Gasteiger charge is -2.18. The van der Waals surface area contributed by atoms with E-state index in [1.54, 1.807) is 32.0 Å². The van der Waals surface area contributed by atoms with E-state index in [0.29, 0.717) is 24.4 Å². The lowest BCUT2D eigenvalue weighted by Crippen LogP contribution is -2.30. The predicted molar refractivity (Wildman–Crippen MR) is 108 cm³/mol. The molecule has 3 aromatic rings. The van der Waals surface area contributed by atoms with E-state index in [1.165, 1.54) is 22.5 Å². The minimum atomic E-state index is -3.66. The molecule has 1 heterocycles. The van der Waals surface area contributed by atoms with E-state index in [4.69, 9.17) is 4.74 Å². The van der Waals surface area contributed by atoms with Crippen molar-refractivity contribution >= 4 is 26.9 Å². The molecular weight excluding hydrogens is 376 g/mol. The standard InChI is InChI=1S/C21H22N2O4S/c1-4-23(5-2)28(25,26)18-10-6-9-17(14-18)21(24)27-19-11-7-8-16-13-12-15(3)22-20(16)19/h6-14H,4-5H2,1-3H3. The van der Waals surface area contributed by atoms with E-state index >= 15 is 0 Å². The van der Waals surface area contributed by atoms with E-state index in [0.717, 1.165) is 11.1 Å². The molecule has 0 fully saturated rings. The van der Waals surface area contributed by atoms with Gasteiger partial charge in [0.25, 0.3) is 0 Å². The molecule has 6 nitrogen and oxygen atoms in total. The van der Waals surface area contributed by atoms with Crippen LogP contribution in [0.2, 0.25) is 0 Å². The molecule has 146 valence electrons. The van der Waals surface area contributed by atoms with Gasteiger partial charge in [-0.05, 0) is 37.3 Å². The lowest BCUT2D eigenvalue weighted by molar-refractivity contribution is 0.0736. The average molecular weight is 398 g/mol. The molecule has 1 aromatic heterocycles. The van der Waals surface area contributed by atoms with Crippen molar-refractivity contribution in [2.24, 2.45) is 0 Å². The fraction of sp³-hybridized carbons (Fsp3) is 0.238. The van der Waals surface area contributed by atoms with Gasteiger partial charge in [-0.2, -0.15) is 4.31 Å². The topological polar surface area (TPSA) is 76.6 Å². The van der Waals surface area contributed by atoms with Gasteiger partial charge in [0, 0.05) is 24.2 Å². The molecule has 0 aliphatic heterocycles. The number of pyridine rings is 1. The monoisotopic (exact) mass is 398 g/mol. The van der Waals surface area contributed by atoms with Gasteiger partial charge in [0.05, 0.1) is 10.5 Å². The SMILES string of the molecule is CCN(CC)S(=O)(=O)c1cccc(C(=O)Oc2cccc3ccc(C)nc23)c1. The molecule has 0 radical (unpaired) electrons. The number of hydrogen-bond acceptors (Lipinski definition) is 5. The quantitative estimate of drug-likeness (QED) is 0.466. The summed E-state index contributed by atoms with van der Waals surface area (Å²) in [4.78, 5) is 17.2. The molecule has 0 saturated heterocycles. The summed E-state index contributed by atoms with van der Waals surface area (Å²) >= 11 is 0. The summed E-state index contributed by atoms with van der Waals surface area (Å²) in [5.41, 5.74) is 1.56. The Morgan fingerprint density at radius 3 is 2.46 bits per heavy atom. The van der Waals surface area contributed by atoms with Crippen LogP contribution >= 0.6 is 0 Å². The molecule has 3 rings (SSSR count). The predicted octanol–water partition coefficient (Wildman–Crippen LogP) is 3.79. The summed E-state index contributed by atoms with van der Waals surface area (Å²) in [7, 11) is -3.66. The highest BCUT2D eigenvalue weighted by molar-refractivity contribution is 7.89. The fourth-order valence-electron chi connectivity index (χ4n) is 2.95. The van der Waals surface area contributed by atoms with Gasteiger partial charge in [-0.1, -0.05) is 38.1 Å². The van der Waals surface area contributed by atoms with Crippen LogP contribution in [0.4, 0.5) is 0 Å². The zero-order valence-corrected chi connectivity index (χ0v) is 16.9. The number of para-hydroxylation sites is 1. The van der Waals surface area contributed by atoms with Crippen molar-refractivity contribution in [1.82, 2.24) is 9.29 Å². The largest absolute Gasteiger partial charge is 0.421 e. The van der Waals surface area contributed by atoms with Crippen LogP contribution in [0, 0.1) is 6.92 Å². The summed E-state index contributed by atoms with van der Waals surface area (Å²) in [6.07, 6.45) is 0. The molecular formula is C21H22N2O4S. The van der Waals surface area contributed by atoms with Crippen LogP contribution in [0.5, 0.6) is 5.75 Å².